The number of nitriles is 1. The van der Waals surface area contributed by atoms with Gasteiger partial charge in [0.15, 0.2) is 0 Å². The predicted octanol–water partition coefficient (Wildman–Crippen LogP) is 2.07. The fourth-order valence-corrected chi connectivity index (χ4v) is 1.66. The molecule has 0 fully saturated rings. The fraction of sp³-hybridized carbons (Fsp3) is 0.308. The molecule has 2 N–H and O–H groups in total. The molecule has 1 rings (SSSR count). The number of hydrogen-bond donors (Lipinski definition) is 2. The van der Waals surface area contributed by atoms with E-state index in [9.17, 15) is 9.59 Å². The highest BCUT2D eigenvalue weighted by molar-refractivity contribution is 6.30. The Morgan fingerprint density at radius 2 is 2.00 bits per heavy atom. The van der Waals surface area contributed by atoms with Crippen LogP contribution < -0.4 is 5.32 Å². The predicted molar refractivity (Wildman–Crippen MR) is 69.7 cm³/mol. The molecule has 1 aromatic carbocycles. The zero-order chi connectivity index (χ0) is 14.4. The first-order valence-electron chi connectivity index (χ1n) is 5.62. The first-order chi connectivity index (χ1) is 8.95. The molecule has 0 saturated heterocycles. The summed E-state index contributed by atoms with van der Waals surface area (Å²) < 4.78 is 0. The number of hydrogen-bond acceptors (Lipinski definition) is 3. The molecule has 0 aliphatic rings. The van der Waals surface area contributed by atoms with Crippen molar-refractivity contribution in [3.8, 4) is 6.07 Å². The van der Waals surface area contributed by atoms with E-state index in [0.717, 1.165) is 0 Å². The molecule has 0 unspecified atom stereocenters. The molecular formula is C13H13ClN2O3. The van der Waals surface area contributed by atoms with E-state index in [0.29, 0.717) is 10.6 Å². The van der Waals surface area contributed by atoms with Gasteiger partial charge in [-0.15, -0.1) is 0 Å². The van der Waals surface area contributed by atoms with Crippen LogP contribution in [0.4, 0.5) is 0 Å². The summed E-state index contributed by atoms with van der Waals surface area (Å²) in [4.78, 5) is 23.0. The quantitative estimate of drug-likeness (QED) is 0.864. The van der Waals surface area contributed by atoms with Crippen molar-refractivity contribution >= 4 is 23.5 Å². The van der Waals surface area contributed by atoms with Crippen LogP contribution in [0.2, 0.25) is 5.02 Å². The number of carbonyl (C=O) groups excluding carboxylic acids is 1. The molecule has 1 aromatic rings. The lowest BCUT2D eigenvalue weighted by Crippen LogP contribution is -2.45. The molecule has 0 aliphatic heterocycles. The Morgan fingerprint density at radius 3 is 2.47 bits per heavy atom. The highest BCUT2D eigenvalue weighted by Gasteiger charge is 2.26. The van der Waals surface area contributed by atoms with E-state index in [1.54, 1.807) is 19.1 Å². The van der Waals surface area contributed by atoms with Gasteiger partial charge in [0.25, 0.3) is 5.91 Å². The van der Waals surface area contributed by atoms with E-state index >= 15 is 0 Å². The van der Waals surface area contributed by atoms with Crippen LogP contribution in [0.1, 0.15) is 23.7 Å². The summed E-state index contributed by atoms with van der Waals surface area (Å²) >= 11 is 5.70. The molecule has 2 atom stereocenters. The van der Waals surface area contributed by atoms with Crippen molar-refractivity contribution in [2.75, 3.05) is 0 Å². The van der Waals surface area contributed by atoms with Crippen LogP contribution in [0.15, 0.2) is 24.3 Å². The Hall–Kier alpha value is -2.06. The van der Waals surface area contributed by atoms with E-state index in [-0.39, 0.29) is 6.42 Å². The van der Waals surface area contributed by atoms with E-state index < -0.39 is 23.8 Å². The largest absolute Gasteiger partial charge is 0.480 e. The van der Waals surface area contributed by atoms with Gasteiger partial charge in [-0.25, -0.2) is 4.79 Å². The van der Waals surface area contributed by atoms with Crippen LogP contribution in [-0.4, -0.2) is 23.0 Å². The zero-order valence-electron chi connectivity index (χ0n) is 10.3. The van der Waals surface area contributed by atoms with Crippen molar-refractivity contribution in [3.05, 3.63) is 34.9 Å². The molecule has 0 spiro atoms. The minimum atomic E-state index is -1.16. The average Bonchev–Trinajstić information content (AvgIpc) is 2.36. The van der Waals surface area contributed by atoms with Gasteiger partial charge in [0, 0.05) is 22.9 Å². The Balaban J connectivity index is 2.80. The normalized spacial score (nSPS) is 13.1. The fourth-order valence-electron chi connectivity index (χ4n) is 1.54. The van der Waals surface area contributed by atoms with Gasteiger partial charge in [-0.2, -0.15) is 5.26 Å². The van der Waals surface area contributed by atoms with Gasteiger partial charge in [-0.3, -0.25) is 4.79 Å². The molecule has 0 heterocycles. The monoisotopic (exact) mass is 280 g/mol. The van der Waals surface area contributed by atoms with Crippen LogP contribution in [0.3, 0.4) is 0 Å². The second-order valence-corrected chi connectivity index (χ2v) is 4.57. The molecule has 19 heavy (non-hydrogen) atoms. The molecular weight excluding hydrogens is 268 g/mol. The minimum Gasteiger partial charge on any atom is -0.480 e. The molecule has 6 heteroatoms. The van der Waals surface area contributed by atoms with Crippen LogP contribution >= 0.6 is 11.6 Å². The Labute approximate surface area is 115 Å². The number of carbonyl (C=O) groups is 2. The van der Waals surface area contributed by atoms with Gasteiger partial charge in [0.05, 0.1) is 6.07 Å². The van der Waals surface area contributed by atoms with Crippen LogP contribution in [-0.2, 0) is 4.79 Å². The number of nitrogens with zero attached hydrogens (tertiary/aromatic N) is 1. The summed E-state index contributed by atoms with van der Waals surface area (Å²) in [6.45, 7) is 1.60. The number of rotatable bonds is 5. The molecule has 0 aromatic heterocycles. The van der Waals surface area contributed by atoms with Crippen molar-refractivity contribution in [3.63, 3.8) is 0 Å². The lowest BCUT2D eigenvalue weighted by molar-refractivity contribution is -0.140. The van der Waals surface area contributed by atoms with Crippen molar-refractivity contribution < 1.29 is 14.7 Å². The van der Waals surface area contributed by atoms with Gasteiger partial charge >= 0.3 is 5.97 Å². The number of carboxylic acids is 1. The van der Waals surface area contributed by atoms with Crippen molar-refractivity contribution in [2.45, 2.75) is 19.4 Å². The summed E-state index contributed by atoms with van der Waals surface area (Å²) in [6.07, 6.45) is 0.0534. The van der Waals surface area contributed by atoms with Crippen molar-refractivity contribution in [2.24, 2.45) is 5.92 Å². The van der Waals surface area contributed by atoms with Gasteiger partial charge < -0.3 is 10.4 Å². The molecule has 0 aliphatic carbocycles. The maximum atomic E-state index is 11.9. The van der Waals surface area contributed by atoms with Gasteiger partial charge in [0.1, 0.15) is 6.04 Å². The third-order valence-corrected chi connectivity index (χ3v) is 2.89. The van der Waals surface area contributed by atoms with Gasteiger partial charge in [-0.1, -0.05) is 18.5 Å². The van der Waals surface area contributed by atoms with Crippen LogP contribution in [0, 0.1) is 17.2 Å². The number of halogens is 1. The lowest BCUT2D eigenvalue weighted by Gasteiger charge is -2.19. The molecule has 0 bridgehead atoms. The summed E-state index contributed by atoms with van der Waals surface area (Å²) in [5.41, 5.74) is 0.319. The molecule has 5 nitrogen and oxygen atoms in total. The Kier molecular flexibility index (Phi) is 5.34. The summed E-state index contributed by atoms with van der Waals surface area (Å²) in [7, 11) is 0. The smallest absolute Gasteiger partial charge is 0.326 e. The number of amides is 1. The highest BCUT2D eigenvalue weighted by Crippen LogP contribution is 2.12. The molecule has 0 saturated carbocycles. The van der Waals surface area contributed by atoms with Crippen LogP contribution in [0.25, 0.3) is 0 Å². The first kappa shape index (κ1) is 15.0. The van der Waals surface area contributed by atoms with E-state index in [1.165, 1.54) is 12.1 Å². The van der Waals surface area contributed by atoms with Gasteiger partial charge in [0.2, 0.25) is 0 Å². The first-order valence-corrected chi connectivity index (χ1v) is 5.99. The van der Waals surface area contributed by atoms with E-state index in [2.05, 4.69) is 5.32 Å². The van der Waals surface area contributed by atoms with E-state index in [4.69, 9.17) is 22.0 Å². The highest BCUT2D eigenvalue weighted by atomic mass is 35.5. The summed E-state index contributed by atoms with van der Waals surface area (Å²) in [5, 5.41) is 20.5. The van der Waals surface area contributed by atoms with Gasteiger partial charge in [-0.05, 0) is 24.3 Å². The zero-order valence-corrected chi connectivity index (χ0v) is 11.0. The Bertz CT molecular complexity index is 508. The minimum absolute atomic E-state index is 0.0534. The lowest BCUT2D eigenvalue weighted by atomic mass is 9.98. The third kappa shape index (κ3) is 4.27. The standard InChI is InChI=1S/C13H13ClN2O3/c1-8(6-7-15)11(13(18)19)16-12(17)9-2-4-10(14)5-3-9/h2-5,8,11H,6H2,1H3,(H,16,17)(H,18,19)/t8-,11-/m0/s1. The van der Waals surface area contributed by atoms with E-state index in [1.807, 2.05) is 6.07 Å². The molecule has 1 amide bonds. The van der Waals surface area contributed by atoms with Crippen LogP contribution in [0.5, 0.6) is 0 Å². The maximum absolute atomic E-state index is 11.9. The third-order valence-electron chi connectivity index (χ3n) is 2.64. The maximum Gasteiger partial charge on any atom is 0.326 e. The second kappa shape index (κ2) is 6.76. The number of nitrogens with one attached hydrogen (secondary N) is 1. The number of aliphatic carboxylic acids is 1. The number of carboxylic acid groups (broad SMARTS) is 1. The SMILES string of the molecule is C[C@@H](CC#N)[C@H](NC(=O)c1ccc(Cl)cc1)C(=O)O. The summed E-state index contributed by atoms with van der Waals surface area (Å²) in [6, 6.07) is 6.90. The number of benzene rings is 1. The van der Waals surface area contributed by atoms with Crippen molar-refractivity contribution in [1.29, 1.82) is 5.26 Å². The molecule has 100 valence electrons. The topological polar surface area (TPSA) is 90.2 Å². The molecule has 0 radical (unpaired) electrons. The Morgan fingerprint density at radius 1 is 1.42 bits per heavy atom. The summed E-state index contributed by atoms with van der Waals surface area (Å²) in [5.74, 6) is -2.14. The van der Waals surface area contributed by atoms with Crippen molar-refractivity contribution in [1.82, 2.24) is 5.32 Å². The average molecular weight is 281 g/mol. The second-order valence-electron chi connectivity index (χ2n) is 4.14.